The Hall–Kier alpha value is -1.59. The van der Waals surface area contributed by atoms with Crippen LogP contribution in [0.4, 0.5) is 0 Å². The van der Waals surface area contributed by atoms with E-state index in [0.717, 1.165) is 0 Å². The Morgan fingerprint density at radius 1 is 1.19 bits per heavy atom. The lowest BCUT2D eigenvalue weighted by atomic mass is 10.1. The van der Waals surface area contributed by atoms with Crippen LogP contribution in [0.15, 0.2) is 0 Å². The maximum Gasteiger partial charge on any atom is 0.325 e. The highest BCUT2D eigenvalue weighted by atomic mass is 16.4. The van der Waals surface area contributed by atoms with Crippen molar-refractivity contribution in [2.24, 2.45) is 17.3 Å². The molecule has 0 saturated heterocycles. The van der Waals surface area contributed by atoms with Crippen molar-refractivity contribution >= 4 is 17.8 Å². The largest absolute Gasteiger partial charge is 0.481 e. The van der Waals surface area contributed by atoms with E-state index in [4.69, 9.17) is 10.2 Å². The molecule has 0 heterocycles. The molecular weight excluding hydrogens is 214 g/mol. The summed E-state index contributed by atoms with van der Waals surface area (Å²) in [5, 5.41) is 19.7. The van der Waals surface area contributed by atoms with Gasteiger partial charge in [-0.1, -0.05) is 13.8 Å². The number of carboxylic acids is 2. The van der Waals surface area contributed by atoms with Crippen LogP contribution in [0.1, 0.15) is 20.8 Å². The third-order valence-electron chi connectivity index (χ3n) is 3.11. The van der Waals surface area contributed by atoms with Crippen LogP contribution < -0.4 is 5.32 Å². The zero-order valence-electron chi connectivity index (χ0n) is 9.35. The zero-order chi connectivity index (χ0) is 12.7. The average molecular weight is 229 g/mol. The van der Waals surface area contributed by atoms with E-state index in [1.807, 2.05) is 0 Å². The molecule has 1 fully saturated rings. The molecule has 0 spiro atoms. The third kappa shape index (κ3) is 2.00. The summed E-state index contributed by atoms with van der Waals surface area (Å²) in [6, 6.07) is -1.00. The molecule has 6 nitrogen and oxygen atoms in total. The fraction of sp³-hybridized carbons (Fsp3) is 0.700. The van der Waals surface area contributed by atoms with Gasteiger partial charge in [-0.05, 0) is 12.3 Å². The number of hydrogen-bond donors (Lipinski definition) is 3. The summed E-state index contributed by atoms with van der Waals surface area (Å²) in [4.78, 5) is 33.0. The summed E-state index contributed by atoms with van der Waals surface area (Å²) in [5.74, 6) is -4.04. The summed E-state index contributed by atoms with van der Waals surface area (Å²) in [5.41, 5.74) is -0.603. The highest BCUT2D eigenvalue weighted by Gasteiger charge is 2.66. The van der Waals surface area contributed by atoms with Crippen LogP contribution in [0.2, 0.25) is 0 Å². The molecular formula is C10H15NO5. The van der Waals surface area contributed by atoms with Crippen molar-refractivity contribution in [3.05, 3.63) is 0 Å². The molecule has 16 heavy (non-hydrogen) atoms. The SMILES string of the molecule is CC(NC(=O)[C@@H]1[C@H](C(=O)O)C1(C)C)C(=O)O. The zero-order valence-corrected chi connectivity index (χ0v) is 9.35. The van der Waals surface area contributed by atoms with E-state index >= 15 is 0 Å². The van der Waals surface area contributed by atoms with Crippen LogP contribution in [-0.2, 0) is 14.4 Å². The first-order valence-electron chi connectivity index (χ1n) is 4.95. The van der Waals surface area contributed by atoms with Crippen LogP contribution in [-0.4, -0.2) is 34.1 Å². The molecule has 0 aromatic heterocycles. The minimum Gasteiger partial charge on any atom is -0.481 e. The van der Waals surface area contributed by atoms with Crippen LogP contribution in [0.25, 0.3) is 0 Å². The van der Waals surface area contributed by atoms with Crippen molar-refractivity contribution in [2.75, 3.05) is 0 Å². The molecule has 0 aliphatic heterocycles. The summed E-state index contributed by atoms with van der Waals surface area (Å²) in [6.07, 6.45) is 0. The van der Waals surface area contributed by atoms with Gasteiger partial charge < -0.3 is 15.5 Å². The molecule has 0 bridgehead atoms. The van der Waals surface area contributed by atoms with E-state index in [1.165, 1.54) is 6.92 Å². The van der Waals surface area contributed by atoms with Gasteiger partial charge in [0.05, 0.1) is 11.8 Å². The Kier molecular flexibility index (Phi) is 2.94. The average Bonchev–Trinajstić information content (AvgIpc) is 2.68. The fourth-order valence-corrected chi connectivity index (χ4v) is 1.95. The topological polar surface area (TPSA) is 104 Å². The number of carboxylic acid groups (broad SMARTS) is 2. The lowest BCUT2D eigenvalue weighted by Crippen LogP contribution is -2.40. The van der Waals surface area contributed by atoms with Crippen molar-refractivity contribution in [3.63, 3.8) is 0 Å². The standard InChI is InChI=1S/C10H15NO5/c1-4(8(13)14)11-7(12)5-6(9(15)16)10(5,2)3/h4-6H,1-3H3,(H,11,12)(H,13,14)(H,15,16)/t4?,5-,6+/m0/s1. The van der Waals surface area contributed by atoms with Crippen molar-refractivity contribution in [3.8, 4) is 0 Å². The highest BCUT2D eigenvalue weighted by molar-refractivity contribution is 5.93. The smallest absolute Gasteiger partial charge is 0.325 e. The van der Waals surface area contributed by atoms with Gasteiger partial charge in [0.25, 0.3) is 0 Å². The molecule has 0 aromatic rings. The molecule has 1 amide bonds. The summed E-state index contributed by atoms with van der Waals surface area (Å²) in [7, 11) is 0. The predicted molar refractivity (Wildman–Crippen MR) is 53.6 cm³/mol. The number of aliphatic carboxylic acids is 2. The molecule has 3 atom stereocenters. The van der Waals surface area contributed by atoms with Crippen molar-refractivity contribution in [1.29, 1.82) is 0 Å². The van der Waals surface area contributed by atoms with E-state index in [2.05, 4.69) is 5.32 Å². The van der Waals surface area contributed by atoms with Gasteiger partial charge in [-0.3, -0.25) is 14.4 Å². The molecule has 1 aliphatic rings. The minimum absolute atomic E-state index is 0.507. The normalized spacial score (nSPS) is 27.9. The summed E-state index contributed by atoms with van der Waals surface area (Å²) >= 11 is 0. The number of carbonyl (C=O) groups excluding carboxylic acids is 1. The van der Waals surface area contributed by atoms with E-state index in [-0.39, 0.29) is 0 Å². The van der Waals surface area contributed by atoms with E-state index < -0.39 is 41.1 Å². The van der Waals surface area contributed by atoms with Gasteiger partial charge in [-0.15, -0.1) is 0 Å². The Morgan fingerprint density at radius 3 is 2.00 bits per heavy atom. The first-order valence-corrected chi connectivity index (χ1v) is 4.95. The van der Waals surface area contributed by atoms with E-state index in [1.54, 1.807) is 13.8 Å². The second-order valence-corrected chi connectivity index (χ2v) is 4.68. The second-order valence-electron chi connectivity index (χ2n) is 4.68. The maximum absolute atomic E-state index is 11.6. The van der Waals surface area contributed by atoms with Gasteiger partial charge in [0.15, 0.2) is 0 Å². The van der Waals surface area contributed by atoms with Crippen molar-refractivity contribution in [1.82, 2.24) is 5.32 Å². The van der Waals surface area contributed by atoms with Crippen LogP contribution >= 0.6 is 0 Å². The Morgan fingerprint density at radius 2 is 1.69 bits per heavy atom. The Labute approximate surface area is 92.6 Å². The lowest BCUT2D eigenvalue weighted by Gasteiger charge is -2.09. The van der Waals surface area contributed by atoms with Gasteiger partial charge in [0.2, 0.25) is 5.91 Å². The summed E-state index contributed by atoms with van der Waals surface area (Å²) in [6.45, 7) is 4.70. The fourth-order valence-electron chi connectivity index (χ4n) is 1.95. The van der Waals surface area contributed by atoms with Gasteiger partial charge in [-0.25, -0.2) is 0 Å². The van der Waals surface area contributed by atoms with Crippen LogP contribution in [0.3, 0.4) is 0 Å². The first kappa shape index (κ1) is 12.5. The molecule has 1 unspecified atom stereocenters. The lowest BCUT2D eigenvalue weighted by molar-refractivity contribution is -0.142. The van der Waals surface area contributed by atoms with E-state index in [0.29, 0.717) is 0 Å². The third-order valence-corrected chi connectivity index (χ3v) is 3.11. The van der Waals surface area contributed by atoms with Crippen LogP contribution in [0.5, 0.6) is 0 Å². The van der Waals surface area contributed by atoms with Crippen LogP contribution in [0, 0.1) is 17.3 Å². The van der Waals surface area contributed by atoms with Crippen molar-refractivity contribution < 1.29 is 24.6 Å². The predicted octanol–water partition coefficient (Wildman–Crippen LogP) is -0.0675. The van der Waals surface area contributed by atoms with Gasteiger partial charge in [0, 0.05) is 0 Å². The minimum atomic E-state index is -1.14. The number of amides is 1. The summed E-state index contributed by atoms with van der Waals surface area (Å²) < 4.78 is 0. The van der Waals surface area contributed by atoms with Gasteiger partial charge >= 0.3 is 11.9 Å². The second kappa shape index (κ2) is 3.77. The Balaban J connectivity index is 2.64. The molecule has 1 aliphatic carbocycles. The monoisotopic (exact) mass is 229 g/mol. The molecule has 90 valence electrons. The van der Waals surface area contributed by atoms with Gasteiger partial charge in [0.1, 0.15) is 6.04 Å². The maximum atomic E-state index is 11.6. The number of carbonyl (C=O) groups is 3. The van der Waals surface area contributed by atoms with Gasteiger partial charge in [-0.2, -0.15) is 0 Å². The highest BCUT2D eigenvalue weighted by Crippen LogP contribution is 2.58. The van der Waals surface area contributed by atoms with Crippen molar-refractivity contribution in [2.45, 2.75) is 26.8 Å². The number of nitrogens with one attached hydrogen (secondary N) is 1. The number of rotatable bonds is 4. The molecule has 1 saturated carbocycles. The number of hydrogen-bond acceptors (Lipinski definition) is 3. The molecule has 0 radical (unpaired) electrons. The molecule has 0 aromatic carbocycles. The Bertz CT molecular complexity index is 349. The van der Waals surface area contributed by atoms with E-state index in [9.17, 15) is 14.4 Å². The molecule has 3 N–H and O–H groups in total. The first-order chi connectivity index (χ1) is 7.19. The molecule has 6 heteroatoms. The molecule has 1 rings (SSSR count). The quantitative estimate of drug-likeness (QED) is 0.626.